The van der Waals surface area contributed by atoms with E-state index in [9.17, 15) is 17.8 Å². The zero-order valence-electron chi connectivity index (χ0n) is 10.8. The van der Waals surface area contributed by atoms with Crippen molar-refractivity contribution in [3.05, 3.63) is 12.2 Å². The Kier molecular flexibility index (Phi) is 5.92. The molecule has 1 aliphatic rings. The van der Waals surface area contributed by atoms with Crippen LogP contribution in [-0.2, 0) is 24.4 Å². The fourth-order valence-corrected chi connectivity index (χ4v) is 2.30. The van der Waals surface area contributed by atoms with Crippen LogP contribution in [0.5, 0.6) is 0 Å². The first-order chi connectivity index (χ1) is 8.78. The molecule has 0 aromatic rings. The standard InChI is InChI=1S/C11H19NO6S/c1-9(2)11(13)18-10(8-19(14,15)16)7-12-3-5-17-6-4-12/h10H,1,3-8H2,2H3,(H,14,15,16)/p-1. The van der Waals surface area contributed by atoms with Crippen molar-refractivity contribution in [1.29, 1.82) is 0 Å². The SMILES string of the molecule is C=C(C)C(=O)OC(CN1CCOCC1)CS(=O)(=O)[O-]. The molecule has 1 fully saturated rings. The minimum absolute atomic E-state index is 0.162. The lowest BCUT2D eigenvalue weighted by Crippen LogP contribution is -2.44. The molecule has 0 aromatic heterocycles. The second-order valence-corrected chi connectivity index (χ2v) is 5.89. The largest absolute Gasteiger partial charge is 0.748 e. The van der Waals surface area contributed by atoms with E-state index in [4.69, 9.17) is 9.47 Å². The van der Waals surface area contributed by atoms with E-state index in [1.54, 1.807) is 0 Å². The molecule has 1 rings (SSSR count). The number of esters is 1. The zero-order chi connectivity index (χ0) is 14.5. The van der Waals surface area contributed by atoms with Crippen LogP contribution in [0.4, 0.5) is 0 Å². The highest BCUT2D eigenvalue weighted by Crippen LogP contribution is 2.06. The highest BCUT2D eigenvalue weighted by molar-refractivity contribution is 7.85. The molecule has 0 aliphatic carbocycles. The van der Waals surface area contributed by atoms with Crippen LogP contribution >= 0.6 is 0 Å². The molecule has 0 aromatic carbocycles. The first-order valence-electron chi connectivity index (χ1n) is 5.88. The lowest BCUT2D eigenvalue weighted by atomic mass is 10.3. The van der Waals surface area contributed by atoms with Crippen molar-refractivity contribution in [2.75, 3.05) is 38.6 Å². The maximum Gasteiger partial charge on any atom is 0.333 e. The van der Waals surface area contributed by atoms with E-state index in [2.05, 4.69) is 6.58 Å². The van der Waals surface area contributed by atoms with Gasteiger partial charge >= 0.3 is 5.97 Å². The Bertz CT molecular complexity index is 426. The predicted octanol–water partition coefficient (Wildman–Crippen LogP) is -0.648. The summed E-state index contributed by atoms with van der Waals surface area (Å²) in [5.41, 5.74) is 0.162. The molecule has 1 unspecified atom stereocenters. The number of rotatable bonds is 6. The second-order valence-electron chi connectivity index (χ2n) is 4.44. The molecule has 1 aliphatic heterocycles. The number of hydrogen-bond acceptors (Lipinski definition) is 7. The Morgan fingerprint density at radius 1 is 1.47 bits per heavy atom. The fourth-order valence-electron chi connectivity index (χ4n) is 1.68. The van der Waals surface area contributed by atoms with Crippen molar-refractivity contribution >= 4 is 16.1 Å². The van der Waals surface area contributed by atoms with Gasteiger partial charge in [0, 0.05) is 25.2 Å². The third-order valence-electron chi connectivity index (χ3n) is 2.58. The van der Waals surface area contributed by atoms with Crippen molar-refractivity contribution in [2.24, 2.45) is 0 Å². The van der Waals surface area contributed by atoms with Crippen LogP contribution < -0.4 is 0 Å². The summed E-state index contributed by atoms with van der Waals surface area (Å²) < 4.78 is 42.6. The Balaban J connectivity index is 2.62. The van der Waals surface area contributed by atoms with Gasteiger partial charge in [-0.3, -0.25) is 4.90 Å². The van der Waals surface area contributed by atoms with Crippen LogP contribution in [0.25, 0.3) is 0 Å². The van der Waals surface area contributed by atoms with Gasteiger partial charge in [-0.2, -0.15) is 0 Å². The summed E-state index contributed by atoms with van der Waals surface area (Å²) in [6, 6.07) is 0. The van der Waals surface area contributed by atoms with Crippen molar-refractivity contribution in [3.8, 4) is 0 Å². The average molecular weight is 292 g/mol. The van der Waals surface area contributed by atoms with E-state index in [1.165, 1.54) is 6.92 Å². The molecule has 0 saturated carbocycles. The van der Waals surface area contributed by atoms with E-state index < -0.39 is 27.9 Å². The number of nitrogens with zero attached hydrogens (tertiary/aromatic N) is 1. The number of hydrogen-bond donors (Lipinski definition) is 0. The summed E-state index contributed by atoms with van der Waals surface area (Å²) in [5, 5.41) is 0. The van der Waals surface area contributed by atoms with Crippen LogP contribution in [-0.4, -0.2) is 68.5 Å². The summed E-state index contributed by atoms with van der Waals surface area (Å²) in [6.07, 6.45) is -0.982. The summed E-state index contributed by atoms with van der Waals surface area (Å²) >= 11 is 0. The van der Waals surface area contributed by atoms with Crippen molar-refractivity contribution in [3.63, 3.8) is 0 Å². The monoisotopic (exact) mass is 292 g/mol. The topological polar surface area (TPSA) is 96.0 Å². The number of morpholine rings is 1. The Labute approximate surface area is 112 Å². The molecular weight excluding hydrogens is 274 g/mol. The van der Waals surface area contributed by atoms with E-state index in [-0.39, 0.29) is 12.1 Å². The van der Waals surface area contributed by atoms with E-state index in [0.717, 1.165) is 0 Å². The molecule has 0 N–H and O–H groups in total. The maximum absolute atomic E-state index is 11.4. The van der Waals surface area contributed by atoms with E-state index >= 15 is 0 Å². The van der Waals surface area contributed by atoms with Gasteiger partial charge in [0.05, 0.1) is 29.1 Å². The van der Waals surface area contributed by atoms with Gasteiger partial charge in [-0.25, -0.2) is 13.2 Å². The summed E-state index contributed by atoms with van der Waals surface area (Å²) in [5.74, 6) is -1.43. The van der Waals surface area contributed by atoms with Crippen LogP contribution in [0, 0.1) is 0 Å². The molecule has 8 heteroatoms. The first-order valence-corrected chi connectivity index (χ1v) is 7.46. The molecule has 0 amide bonds. The molecule has 1 atom stereocenters. The summed E-state index contributed by atoms with van der Waals surface area (Å²) in [4.78, 5) is 13.3. The van der Waals surface area contributed by atoms with Crippen LogP contribution in [0.15, 0.2) is 12.2 Å². The predicted molar refractivity (Wildman–Crippen MR) is 66.5 cm³/mol. The van der Waals surface area contributed by atoms with E-state index in [0.29, 0.717) is 26.3 Å². The zero-order valence-corrected chi connectivity index (χ0v) is 11.6. The van der Waals surface area contributed by atoms with Crippen molar-refractivity contribution < 1.29 is 27.2 Å². The van der Waals surface area contributed by atoms with Crippen LogP contribution in [0.2, 0.25) is 0 Å². The fraction of sp³-hybridized carbons (Fsp3) is 0.727. The average Bonchev–Trinajstić information content (AvgIpc) is 2.27. The summed E-state index contributed by atoms with van der Waals surface area (Å²) in [7, 11) is -4.46. The first kappa shape index (κ1) is 16.1. The van der Waals surface area contributed by atoms with Gasteiger partial charge in [0.25, 0.3) is 0 Å². The molecule has 1 heterocycles. The molecule has 7 nitrogen and oxygen atoms in total. The van der Waals surface area contributed by atoms with E-state index in [1.807, 2.05) is 4.90 Å². The Morgan fingerprint density at radius 2 is 2.05 bits per heavy atom. The lowest BCUT2D eigenvalue weighted by Gasteiger charge is -2.30. The van der Waals surface area contributed by atoms with Crippen LogP contribution in [0.3, 0.4) is 0 Å². The molecule has 0 spiro atoms. The summed E-state index contributed by atoms with van der Waals surface area (Å²) in [6.45, 7) is 7.36. The molecular formula is C11H18NO6S-. The Morgan fingerprint density at radius 3 is 2.53 bits per heavy atom. The highest BCUT2D eigenvalue weighted by atomic mass is 32.2. The minimum Gasteiger partial charge on any atom is -0.748 e. The minimum atomic E-state index is -4.46. The molecule has 0 bridgehead atoms. The van der Waals surface area contributed by atoms with Crippen LogP contribution in [0.1, 0.15) is 6.92 Å². The third kappa shape index (κ3) is 6.67. The third-order valence-corrected chi connectivity index (χ3v) is 3.36. The number of carbonyl (C=O) groups excluding carboxylic acids is 1. The van der Waals surface area contributed by atoms with Gasteiger partial charge in [0.2, 0.25) is 0 Å². The van der Waals surface area contributed by atoms with Gasteiger partial charge in [0.1, 0.15) is 6.10 Å². The Hall–Kier alpha value is -0.960. The molecule has 1 saturated heterocycles. The van der Waals surface area contributed by atoms with Crippen molar-refractivity contribution in [2.45, 2.75) is 13.0 Å². The van der Waals surface area contributed by atoms with Crippen molar-refractivity contribution in [1.82, 2.24) is 4.90 Å². The van der Waals surface area contributed by atoms with Gasteiger partial charge in [0.15, 0.2) is 0 Å². The smallest absolute Gasteiger partial charge is 0.333 e. The molecule has 0 radical (unpaired) electrons. The highest BCUT2D eigenvalue weighted by Gasteiger charge is 2.22. The van der Waals surface area contributed by atoms with Gasteiger partial charge in [-0.05, 0) is 6.92 Å². The van der Waals surface area contributed by atoms with Gasteiger partial charge in [-0.1, -0.05) is 6.58 Å². The second kappa shape index (κ2) is 6.99. The maximum atomic E-state index is 11.4. The molecule has 19 heavy (non-hydrogen) atoms. The number of ether oxygens (including phenoxy) is 2. The van der Waals surface area contributed by atoms with Gasteiger partial charge < -0.3 is 14.0 Å². The molecule has 110 valence electrons. The lowest BCUT2D eigenvalue weighted by molar-refractivity contribution is -0.144. The normalized spacial score (nSPS) is 18.8. The quantitative estimate of drug-likeness (QED) is 0.364. The van der Waals surface area contributed by atoms with Gasteiger partial charge in [-0.15, -0.1) is 0 Å². The number of carbonyl (C=O) groups is 1.